The van der Waals surface area contributed by atoms with E-state index in [-0.39, 0.29) is 0 Å². The molecule has 0 aliphatic heterocycles. The van der Waals surface area contributed by atoms with E-state index in [1.165, 1.54) is 5.56 Å². The zero-order valence-electron chi connectivity index (χ0n) is 9.86. The van der Waals surface area contributed by atoms with Crippen molar-refractivity contribution < 1.29 is 4.42 Å². The second-order valence-electron chi connectivity index (χ2n) is 3.97. The van der Waals surface area contributed by atoms with Gasteiger partial charge >= 0.3 is 0 Å². The first-order valence-electron chi connectivity index (χ1n) is 5.68. The molecule has 0 spiro atoms. The molecular formula is C13H18N2O. The number of aryl methyl sites for hydroxylation is 2. The molecule has 2 rings (SSSR count). The number of nitrogens with zero attached hydrogens (tertiary/aromatic N) is 1. The summed E-state index contributed by atoms with van der Waals surface area (Å²) in [5.74, 6) is 1.96. The smallest absolute Gasteiger partial charge is 0.117 e. The van der Waals surface area contributed by atoms with Gasteiger partial charge in [0.1, 0.15) is 11.5 Å². The van der Waals surface area contributed by atoms with Crippen molar-refractivity contribution in [2.75, 3.05) is 0 Å². The van der Waals surface area contributed by atoms with Crippen LogP contribution in [0.5, 0.6) is 0 Å². The van der Waals surface area contributed by atoms with Gasteiger partial charge in [-0.05, 0) is 37.6 Å². The summed E-state index contributed by atoms with van der Waals surface area (Å²) in [6.45, 7) is 6.79. The molecule has 3 nitrogen and oxygen atoms in total. The van der Waals surface area contributed by atoms with Crippen molar-refractivity contribution >= 4 is 0 Å². The molecule has 2 aromatic heterocycles. The average molecular weight is 218 g/mol. The monoisotopic (exact) mass is 218 g/mol. The average Bonchev–Trinajstić information content (AvgIpc) is 2.88. The van der Waals surface area contributed by atoms with E-state index >= 15 is 0 Å². The van der Waals surface area contributed by atoms with Crippen LogP contribution < -0.4 is 5.32 Å². The van der Waals surface area contributed by atoms with Gasteiger partial charge in [-0.2, -0.15) is 0 Å². The van der Waals surface area contributed by atoms with Crippen LogP contribution >= 0.6 is 0 Å². The maximum Gasteiger partial charge on any atom is 0.117 e. The Labute approximate surface area is 96.1 Å². The lowest BCUT2D eigenvalue weighted by Gasteiger charge is -2.00. The van der Waals surface area contributed by atoms with Crippen LogP contribution in [0.4, 0.5) is 0 Å². The van der Waals surface area contributed by atoms with Crippen LogP contribution in [0.2, 0.25) is 0 Å². The van der Waals surface area contributed by atoms with E-state index in [1.807, 2.05) is 19.1 Å². The minimum Gasteiger partial charge on any atom is -0.465 e. The molecule has 0 fully saturated rings. The summed E-state index contributed by atoms with van der Waals surface area (Å²) in [7, 11) is 0. The summed E-state index contributed by atoms with van der Waals surface area (Å²) in [6.07, 6.45) is 4.27. The van der Waals surface area contributed by atoms with Crippen LogP contribution in [0.15, 0.2) is 35.0 Å². The Bertz CT molecular complexity index is 442. The number of rotatable bonds is 5. The molecule has 16 heavy (non-hydrogen) atoms. The first-order valence-corrected chi connectivity index (χ1v) is 5.68. The topological polar surface area (TPSA) is 30.1 Å². The summed E-state index contributed by atoms with van der Waals surface area (Å²) in [4.78, 5) is 0. The summed E-state index contributed by atoms with van der Waals surface area (Å²) >= 11 is 0. The predicted molar refractivity (Wildman–Crippen MR) is 64.1 cm³/mol. The highest BCUT2D eigenvalue weighted by Gasteiger charge is 1.99. The highest BCUT2D eigenvalue weighted by molar-refractivity contribution is 5.10. The molecule has 0 aliphatic rings. The van der Waals surface area contributed by atoms with Crippen LogP contribution in [0.25, 0.3) is 0 Å². The number of nitrogens with one attached hydrogen (secondary N) is 1. The van der Waals surface area contributed by atoms with Crippen molar-refractivity contribution in [2.24, 2.45) is 0 Å². The van der Waals surface area contributed by atoms with Gasteiger partial charge in [0, 0.05) is 25.5 Å². The zero-order chi connectivity index (χ0) is 11.4. The molecule has 0 amide bonds. The lowest BCUT2D eigenvalue weighted by atomic mass is 10.3. The fourth-order valence-corrected chi connectivity index (χ4v) is 1.70. The van der Waals surface area contributed by atoms with E-state index in [0.29, 0.717) is 0 Å². The zero-order valence-corrected chi connectivity index (χ0v) is 9.86. The predicted octanol–water partition coefficient (Wildman–Crippen LogP) is 2.70. The second kappa shape index (κ2) is 5.03. The Balaban J connectivity index is 1.79. The molecule has 0 radical (unpaired) electrons. The molecule has 86 valence electrons. The maximum absolute atomic E-state index is 5.48. The van der Waals surface area contributed by atoms with Crippen molar-refractivity contribution in [3.63, 3.8) is 0 Å². The number of aromatic nitrogens is 1. The van der Waals surface area contributed by atoms with Crippen LogP contribution in [0.3, 0.4) is 0 Å². The van der Waals surface area contributed by atoms with Crippen molar-refractivity contribution in [3.8, 4) is 0 Å². The fraction of sp³-hybridized carbons (Fsp3) is 0.385. The SMILES string of the molecule is CCn1ccc(CNCc2ccc(C)o2)c1. The minimum atomic E-state index is 0.783. The minimum absolute atomic E-state index is 0.783. The van der Waals surface area contributed by atoms with Crippen molar-refractivity contribution in [1.29, 1.82) is 0 Å². The Morgan fingerprint density at radius 3 is 2.75 bits per heavy atom. The largest absolute Gasteiger partial charge is 0.465 e. The Morgan fingerprint density at radius 1 is 1.25 bits per heavy atom. The molecule has 1 N–H and O–H groups in total. The maximum atomic E-state index is 5.48. The highest BCUT2D eigenvalue weighted by atomic mass is 16.3. The summed E-state index contributed by atoms with van der Waals surface area (Å²) in [6, 6.07) is 6.15. The van der Waals surface area contributed by atoms with E-state index in [1.54, 1.807) is 0 Å². The lowest BCUT2D eigenvalue weighted by molar-refractivity contribution is 0.461. The third-order valence-corrected chi connectivity index (χ3v) is 2.60. The summed E-state index contributed by atoms with van der Waals surface area (Å²) in [5.41, 5.74) is 1.31. The van der Waals surface area contributed by atoms with Crippen LogP contribution in [-0.4, -0.2) is 4.57 Å². The highest BCUT2D eigenvalue weighted by Crippen LogP contribution is 2.06. The molecule has 3 heteroatoms. The number of furan rings is 1. The van der Waals surface area contributed by atoms with Gasteiger partial charge < -0.3 is 14.3 Å². The molecule has 0 aliphatic carbocycles. The van der Waals surface area contributed by atoms with Gasteiger partial charge in [-0.15, -0.1) is 0 Å². The van der Waals surface area contributed by atoms with Gasteiger partial charge in [-0.3, -0.25) is 0 Å². The van der Waals surface area contributed by atoms with E-state index in [0.717, 1.165) is 31.2 Å². The quantitative estimate of drug-likeness (QED) is 0.836. The van der Waals surface area contributed by atoms with Crippen molar-refractivity contribution in [3.05, 3.63) is 47.7 Å². The molecule has 0 atom stereocenters. The van der Waals surface area contributed by atoms with Crippen molar-refractivity contribution in [1.82, 2.24) is 9.88 Å². The van der Waals surface area contributed by atoms with Crippen molar-refractivity contribution in [2.45, 2.75) is 33.5 Å². The third kappa shape index (κ3) is 2.76. The molecule has 0 saturated heterocycles. The van der Waals surface area contributed by atoms with E-state index < -0.39 is 0 Å². The van der Waals surface area contributed by atoms with Crippen LogP contribution in [0, 0.1) is 6.92 Å². The van der Waals surface area contributed by atoms with E-state index in [2.05, 4.69) is 35.3 Å². The standard InChI is InChI=1S/C13H18N2O/c1-3-15-7-6-12(10-15)8-14-9-13-5-4-11(2)16-13/h4-7,10,14H,3,8-9H2,1-2H3. The molecule has 0 saturated carbocycles. The van der Waals surface area contributed by atoms with Gasteiger partial charge in [-0.1, -0.05) is 0 Å². The molecule has 0 aromatic carbocycles. The van der Waals surface area contributed by atoms with Gasteiger partial charge in [0.2, 0.25) is 0 Å². The second-order valence-corrected chi connectivity index (χ2v) is 3.97. The lowest BCUT2D eigenvalue weighted by Crippen LogP contribution is -2.11. The molecule has 0 bridgehead atoms. The third-order valence-electron chi connectivity index (χ3n) is 2.60. The van der Waals surface area contributed by atoms with Crippen LogP contribution in [-0.2, 0) is 19.6 Å². The van der Waals surface area contributed by atoms with Crippen LogP contribution in [0.1, 0.15) is 24.0 Å². The van der Waals surface area contributed by atoms with E-state index in [9.17, 15) is 0 Å². The first-order chi connectivity index (χ1) is 7.78. The van der Waals surface area contributed by atoms with Gasteiger partial charge in [0.25, 0.3) is 0 Å². The van der Waals surface area contributed by atoms with Gasteiger partial charge in [0.05, 0.1) is 6.54 Å². The Morgan fingerprint density at radius 2 is 2.12 bits per heavy atom. The van der Waals surface area contributed by atoms with Gasteiger partial charge in [0.15, 0.2) is 0 Å². The molecule has 0 unspecified atom stereocenters. The Hall–Kier alpha value is -1.48. The number of hydrogen-bond acceptors (Lipinski definition) is 2. The van der Waals surface area contributed by atoms with Gasteiger partial charge in [-0.25, -0.2) is 0 Å². The summed E-state index contributed by atoms with van der Waals surface area (Å²) in [5, 5.41) is 3.36. The Kier molecular flexibility index (Phi) is 3.47. The summed E-state index contributed by atoms with van der Waals surface area (Å²) < 4.78 is 7.65. The molecule has 2 heterocycles. The first kappa shape index (κ1) is 11.0. The fourth-order valence-electron chi connectivity index (χ4n) is 1.70. The molecular weight excluding hydrogens is 200 g/mol. The number of hydrogen-bond donors (Lipinski definition) is 1. The normalized spacial score (nSPS) is 10.9. The van der Waals surface area contributed by atoms with E-state index in [4.69, 9.17) is 4.42 Å². The molecule has 2 aromatic rings.